The van der Waals surface area contributed by atoms with Crippen LogP contribution in [0.4, 0.5) is 5.13 Å². The van der Waals surface area contributed by atoms with E-state index in [1.54, 1.807) is 39.0 Å². The van der Waals surface area contributed by atoms with Crippen molar-refractivity contribution in [3.63, 3.8) is 0 Å². The monoisotopic (exact) mass is 618 g/mol. The summed E-state index contributed by atoms with van der Waals surface area (Å²) in [7, 11) is 0. The topological polar surface area (TPSA) is 133 Å². The standard InChI is InChI=1S/C32H34N4O7S/c1-7-15-43-21-13-12-20(16-22(21)41-8-2)25-23(26(37)24-19(6)35-14-10-11-17(4)29(35)34-24)27(38)30(39)36(25)32-33-18(5)28(44-32)31(40)42-9-3/h10-14,16,25,37H,7-9,15H2,1-6H3. The maximum atomic E-state index is 13.8. The number of imidazole rings is 1. The minimum absolute atomic E-state index is 0.114. The lowest BCUT2D eigenvalue weighted by Gasteiger charge is -2.24. The number of anilines is 1. The first-order valence-electron chi connectivity index (χ1n) is 14.4. The quantitative estimate of drug-likeness (QED) is 0.103. The number of hydrogen-bond acceptors (Lipinski definition) is 10. The van der Waals surface area contributed by atoms with Crippen LogP contribution >= 0.6 is 11.3 Å². The number of carbonyl (C=O) groups excluding carboxylic acids is 3. The molecule has 0 aliphatic carbocycles. The molecule has 3 aromatic heterocycles. The Kier molecular flexibility index (Phi) is 8.73. The molecule has 4 heterocycles. The Bertz CT molecular complexity index is 1810. The molecule has 1 saturated heterocycles. The van der Waals surface area contributed by atoms with E-state index in [2.05, 4.69) is 9.97 Å². The van der Waals surface area contributed by atoms with Crippen molar-refractivity contribution in [2.75, 3.05) is 24.7 Å². The van der Waals surface area contributed by atoms with E-state index in [0.29, 0.717) is 47.3 Å². The van der Waals surface area contributed by atoms with Crippen LogP contribution in [0.25, 0.3) is 11.4 Å². The number of aromatic nitrogens is 3. The Labute approximate surface area is 258 Å². The third kappa shape index (κ3) is 5.30. The maximum absolute atomic E-state index is 13.8. The summed E-state index contributed by atoms with van der Waals surface area (Å²) in [6.07, 6.45) is 2.60. The number of fused-ring (bicyclic) bond motifs is 1. The van der Waals surface area contributed by atoms with Gasteiger partial charge in [-0.2, -0.15) is 0 Å². The normalized spacial score (nSPS) is 16.1. The van der Waals surface area contributed by atoms with Crippen LogP contribution in [0.1, 0.15) is 71.1 Å². The smallest absolute Gasteiger partial charge is 0.350 e. The van der Waals surface area contributed by atoms with Crippen molar-refractivity contribution in [3.8, 4) is 11.5 Å². The highest BCUT2D eigenvalue weighted by atomic mass is 32.1. The van der Waals surface area contributed by atoms with E-state index in [-0.39, 0.29) is 27.9 Å². The summed E-state index contributed by atoms with van der Waals surface area (Å²) >= 11 is 0.944. The molecule has 1 aliphatic rings. The molecule has 5 rings (SSSR count). The highest BCUT2D eigenvalue weighted by Gasteiger charge is 2.49. The van der Waals surface area contributed by atoms with E-state index >= 15 is 0 Å². The lowest BCUT2D eigenvalue weighted by Crippen LogP contribution is -2.29. The highest BCUT2D eigenvalue weighted by molar-refractivity contribution is 7.17. The third-order valence-corrected chi connectivity index (χ3v) is 8.39. The van der Waals surface area contributed by atoms with Crippen molar-refractivity contribution < 1.29 is 33.7 Å². The number of nitrogens with zero attached hydrogens (tertiary/aromatic N) is 4. The molecule has 12 heteroatoms. The molecule has 0 bridgehead atoms. The van der Waals surface area contributed by atoms with Crippen molar-refractivity contribution >= 4 is 45.5 Å². The minimum Gasteiger partial charge on any atom is -0.505 e. The van der Waals surface area contributed by atoms with Crippen molar-refractivity contribution in [2.24, 2.45) is 0 Å². The number of ether oxygens (including phenoxy) is 3. The van der Waals surface area contributed by atoms with Gasteiger partial charge >= 0.3 is 11.9 Å². The van der Waals surface area contributed by atoms with Gasteiger partial charge in [-0.25, -0.2) is 14.8 Å². The Hall–Kier alpha value is -4.71. The zero-order valence-electron chi connectivity index (χ0n) is 25.5. The van der Waals surface area contributed by atoms with E-state index in [1.165, 1.54) is 4.90 Å². The number of benzene rings is 1. The third-order valence-electron chi connectivity index (χ3n) is 7.25. The van der Waals surface area contributed by atoms with Gasteiger partial charge in [0, 0.05) is 6.20 Å². The summed E-state index contributed by atoms with van der Waals surface area (Å²) < 4.78 is 18.7. The van der Waals surface area contributed by atoms with Gasteiger partial charge in [-0.3, -0.25) is 14.5 Å². The lowest BCUT2D eigenvalue weighted by molar-refractivity contribution is -0.132. The number of hydrogen-bond donors (Lipinski definition) is 1. The Morgan fingerprint density at radius 1 is 1.02 bits per heavy atom. The number of esters is 1. The molecule has 0 radical (unpaired) electrons. The fourth-order valence-corrected chi connectivity index (χ4v) is 6.17. The van der Waals surface area contributed by atoms with Crippen molar-refractivity contribution in [1.29, 1.82) is 0 Å². The van der Waals surface area contributed by atoms with Gasteiger partial charge in [0.2, 0.25) is 0 Å². The number of pyridine rings is 1. The molecule has 1 atom stereocenters. The van der Waals surface area contributed by atoms with E-state index in [0.717, 1.165) is 23.3 Å². The van der Waals surface area contributed by atoms with Gasteiger partial charge in [0.05, 0.1) is 42.8 Å². The molecular weight excluding hydrogens is 584 g/mol. The number of Topliss-reactive ketones (excluding diaryl/α,β-unsaturated/α-hetero) is 1. The van der Waals surface area contributed by atoms with Crippen LogP contribution in [0.5, 0.6) is 11.5 Å². The summed E-state index contributed by atoms with van der Waals surface area (Å²) in [5, 5.41) is 11.9. The molecule has 1 aromatic carbocycles. The summed E-state index contributed by atoms with van der Waals surface area (Å²) in [5.74, 6) is -1.87. The molecule has 44 heavy (non-hydrogen) atoms. The Balaban J connectivity index is 1.74. The molecule has 11 nitrogen and oxygen atoms in total. The van der Waals surface area contributed by atoms with Gasteiger partial charge in [-0.1, -0.05) is 30.4 Å². The summed E-state index contributed by atoms with van der Waals surface area (Å²) in [4.78, 5) is 50.8. The average molecular weight is 619 g/mol. The molecule has 1 N–H and O–H groups in total. The second kappa shape index (κ2) is 12.5. The number of ketones is 1. The number of thiazole rings is 1. The summed E-state index contributed by atoms with van der Waals surface area (Å²) in [6, 6.07) is 7.78. The first-order valence-corrected chi connectivity index (χ1v) is 15.2. The molecule has 1 fully saturated rings. The number of aryl methyl sites for hydroxylation is 3. The van der Waals surface area contributed by atoms with Gasteiger partial charge in [0.1, 0.15) is 16.2 Å². The number of carbonyl (C=O) groups is 3. The molecule has 1 aliphatic heterocycles. The number of amides is 1. The van der Waals surface area contributed by atoms with E-state index in [1.807, 2.05) is 43.5 Å². The zero-order chi connectivity index (χ0) is 31.7. The largest absolute Gasteiger partial charge is 0.505 e. The van der Waals surface area contributed by atoms with E-state index in [4.69, 9.17) is 14.2 Å². The average Bonchev–Trinajstić information content (AvgIpc) is 3.64. The van der Waals surface area contributed by atoms with Crippen molar-refractivity contribution in [1.82, 2.24) is 14.4 Å². The van der Waals surface area contributed by atoms with Gasteiger partial charge < -0.3 is 23.7 Å². The van der Waals surface area contributed by atoms with Crippen LogP contribution in [0.15, 0.2) is 42.1 Å². The number of aliphatic hydroxyl groups excluding tert-OH is 1. The van der Waals surface area contributed by atoms with Crippen LogP contribution in [-0.2, 0) is 14.3 Å². The van der Waals surface area contributed by atoms with E-state index in [9.17, 15) is 19.5 Å². The van der Waals surface area contributed by atoms with Crippen LogP contribution in [-0.4, -0.2) is 57.0 Å². The maximum Gasteiger partial charge on any atom is 0.350 e. The van der Waals surface area contributed by atoms with Gasteiger partial charge in [-0.05, 0) is 70.4 Å². The van der Waals surface area contributed by atoms with Gasteiger partial charge in [-0.15, -0.1) is 0 Å². The molecule has 1 unspecified atom stereocenters. The summed E-state index contributed by atoms with van der Waals surface area (Å²) in [5.41, 5.74) is 2.94. The molecular formula is C32H34N4O7S. The fourth-order valence-electron chi connectivity index (χ4n) is 5.18. The van der Waals surface area contributed by atoms with Crippen molar-refractivity contribution in [3.05, 3.63) is 75.2 Å². The van der Waals surface area contributed by atoms with Crippen LogP contribution in [0, 0.1) is 20.8 Å². The summed E-state index contributed by atoms with van der Waals surface area (Å²) in [6.45, 7) is 11.8. The fraction of sp³-hybridized carbons (Fsp3) is 0.344. The molecule has 4 aromatic rings. The van der Waals surface area contributed by atoms with E-state index < -0.39 is 29.5 Å². The Morgan fingerprint density at radius 2 is 1.80 bits per heavy atom. The van der Waals surface area contributed by atoms with Crippen LogP contribution < -0.4 is 14.4 Å². The second-order valence-electron chi connectivity index (χ2n) is 10.2. The molecule has 1 amide bonds. The first kappa shape index (κ1) is 30.7. The van der Waals surface area contributed by atoms with Crippen molar-refractivity contribution in [2.45, 2.75) is 54.0 Å². The SMILES string of the molecule is CCCOc1ccc(C2C(=C(O)c3nc4c(C)cccn4c3C)C(=O)C(=O)N2c2nc(C)c(C(=O)OCC)s2)cc1OCC. The molecule has 0 spiro atoms. The predicted octanol–water partition coefficient (Wildman–Crippen LogP) is 5.71. The van der Waals surface area contributed by atoms with Gasteiger partial charge in [0.15, 0.2) is 22.4 Å². The lowest BCUT2D eigenvalue weighted by atomic mass is 9.96. The minimum atomic E-state index is -1.11. The van der Waals surface area contributed by atoms with Crippen LogP contribution in [0.2, 0.25) is 0 Å². The molecule has 230 valence electrons. The second-order valence-corrected chi connectivity index (χ2v) is 11.2. The highest BCUT2D eigenvalue weighted by Crippen LogP contribution is 2.46. The van der Waals surface area contributed by atoms with Gasteiger partial charge in [0.25, 0.3) is 5.78 Å². The number of rotatable bonds is 10. The Morgan fingerprint density at radius 3 is 2.48 bits per heavy atom. The van der Waals surface area contributed by atoms with Crippen LogP contribution in [0.3, 0.4) is 0 Å². The number of aliphatic hydroxyl groups is 1. The zero-order valence-corrected chi connectivity index (χ0v) is 26.3. The molecule has 0 saturated carbocycles. The first-order chi connectivity index (χ1) is 21.1. The predicted molar refractivity (Wildman–Crippen MR) is 166 cm³/mol.